The molecule has 2 fully saturated rings. The lowest BCUT2D eigenvalue weighted by atomic mass is 10.1. The summed E-state index contributed by atoms with van der Waals surface area (Å²) in [6.45, 7) is 1.32. The summed E-state index contributed by atoms with van der Waals surface area (Å²) in [4.78, 5) is 39.2. The molecule has 0 radical (unpaired) electrons. The summed E-state index contributed by atoms with van der Waals surface area (Å²) in [5, 5.41) is 2.74. The van der Waals surface area contributed by atoms with Gasteiger partial charge in [-0.1, -0.05) is 11.8 Å². The minimum absolute atomic E-state index is 0.108. The second kappa shape index (κ2) is 8.88. The van der Waals surface area contributed by atoms with E-state index in [1.807, 2.05) is 0 Å². The van der Waals surface area contributed by atoms with Crippen LogP contribution in [0.4, 0.5) is 20.6 Å². The van der Waals surface area contributed by atoms with Crippen molar-refractivity contribution in [3.8, 4) is 11.8 Å². The van der Waals surface area contributed by atoms with Crippen LogP contribution in [0, 0.1) is 23.6 Å². The highest BCUT2D eigenvalue weighted by atomic mass is 19.1. The normalized spacial score (nSPS) is 17.9. The van der Waals surface area contributed by atoms with Gasteiger partial charge in [0.2, 0.25) is 11.8 Å². The lowest BCUT2D eigenvalue weighted by Crippen LogP contribution is -2.33. The van der Waals surface area contributed by atoms with E-state index in [9.17, 15) is 18.8 Å². The van der Waals surface area contributed by atoms with E-state index in [-0.39, 0.29) is 43.2 Å². The quantitative estimate of drug-likeness (QED) is 0.769. The maximum absolute atomic E-state index is 13.1. The van der Waals surface area contributed by atoms with Gasteiger partial charge in [0.1, 0.15) is 12.4 Å². The Morgan fingerprint density at radius 2 is 1.74 bits per heavy atom. The number of carbonyl (C=O) groups excluding carboxylic acids is 3. The summed E-state index contributed by atoms with van der Waals surface area (Å²) in [6, 6.07) is 12.8. The molecule has 0 aromatic heterocycles. The number of nitrogens with zero attached hydrogens (tertiary/aromatic N) is 2. The molecule has 158 valence electrons. The van der Waals surface area contributed by atoms with E-state index in [2.05, 4.69) is 17.2 Å². The number of anilines is 2. The summed E-state index contributed by atoms with van der Waals surface area (Å²) in [5.41, 5.74) is 2.08. The Kier molecular flexibility index (Phi) is 5.85. The Hall–Kier alpha value is -3.86. The third-order valence-electron chi connectivity index (χ3n) is 5.16. The van der Waals surface area contributed by atoms with E-state index in [0.717, 1.165) is 11.3 Å². The summed E-state index contributed by atoms with van der Waals surface area (Å²) in [5.74, 6) is 4.58. The van der Waals surface area contributed by atoms with Gasteiger partial charge in [0, 0.05) is 29.9 Å². The summed E-state index contributed by atoms with van der Waals surface area (Å²) in [7, 11) is 0. The van der Waals surface area contributed by atoms with E-state index >= 15 is 0 Å². The molecule has 2 aliphatic heterocycles. The van der Waals surface area contributed by atoms with Crippen molar-refractivity contribution >= 4 is 29.3 Å². The van der Waals surface area contributed by atoms with Gasteiger partial charge >= 0.3 is 6.09 Å². The monoisotopic (exact) mass is 421 g/mol. The molecule has 1 unspecified atom stereocenters. The zero-order valence-electron chi connectivity index (χ0n) is 16.6. The van der Waals surface area contributed by atoms with E-state index in [4.69, 9.17) is 4.74 Å². The minimum Gasteiger partial charge on any atom is -0.447 e. The molecule has 3 amide bonds. The first-order chi connectivity index (χ1) is 15.0. The van der Waals surface area contributed by atoms with Crippen molar-refractivity contribution in [3.05, 3.63) is 59.9 Å². The van der Waals surface area contributed by atoms with Crippen LogP contribution < -0.4 is 15.1 Å². The molecular formula is C23H20FN3O4. The lowest BCUT2D eigenvalue weighted by Gasteiger charge is -2.16. The molecule has 2 aliphatic rings. The van der Waals surface area contributed by atoms with Crippen molar-refractivity contribution in [2.24, 2.45) is 5.92 Å². The van der Waals surface area contributed by atoms with Crippen molar-refractivity contribution in [2.75, 3.05) is 36.0 Å². The number of ether oxygens (including phenoxy) is 1. The standard InChI is InChI=1S/C23H20FN3O4/c24-18-5-9-20(10-6-18)27-15-17(14-21(27)28)22(29)25-11-1-2-16-3-7-19(8-4-16)26-12-13-31-23(26)30/h3-10,17H,11-15H2,(H,25,29). The van der Waals surface area contributed by atoms with Crippen molar-refractivity contribution < 1.29 is 23.5 Å². The van der Waals surface area contributed by atoms with Crippen LogP contribution in [0.1, 0.15) is 12.0 Å². The number of hydrogen-bond acceptors (Lipinski definition) is 4. The molecule has 8 heteroatoms. The van der Waals surface area contributed by atoms with E-state index in [0.29, 0.717) is 18.8 Å². The van der Waals surface area contributed by atoms with Gasteiger partial charge in [0.15, 0.2) is 0 Å². The highest BCUT2D eigenvalue weighted by molar-refractivity contribution is 6.00. The first kappa shape index (κ1) is 20.4. The summed E-state index contributed by atoms with van der Waals surface area (Å²) >= 11 is 0. The summed E-state index contributed by atoms with van der Waals surface area (Å²) < 4.78 is 18.0. The Morgan fingerprint density at radius 1 is 1.06 bits per heavy atom. The van der Waals surface area contributed by atoms with Crippen molar-refractivity contribution in [1.82, 2.24) is 5.32 Å². The molecule has 0 saturated carbocycles. The number of rotatable bonds is 4. The fourth-order valence-corrected chi connectivity index (χ4v) is 3.53. The van der Waals surface area contributed by atoms with Gasteiger partial charge < -0.3 is 15.0 Å². The number of nitrogens with one attached hydrogen (secondary N) is 1. The lowest BCUT2D eigenvalue weighted by molar-refractivity contribution is -0.126. The van der Waals surface area contributed by atoms with Crippen molar-refractivity contribution in [1.29, 1.82) is 0 Å². The zero-order chi connectivity index (χ0) is 21.8. The van der Waals surface area contributed by atoms with Gasteiger partial charge in [-0.05, 0) is 48.5 Å². The number of carbonyl (C=O) groups is 3. The second-order valence-electron chi connectivity index (χ2n) is 7.21. The minimum atomic E-state index is -0.473. The number of hydrogen-bond donors (Lipinski definition) is 1. The van der Waals surface area contributed by atoms with Crippen molar-refractivity contribution in [2.45, 2.75) is 6.42 Å². The smallest absolute Gasteiger partial charge is 0.414 e. The largest absolute Gasteiger partial charge is 0.447 e. The highest BCUT2D eigenvalue weighted by Crippen LogP contribution is 2.25. The fourth-order valence-electron chi connectivity index (χ4n) is 3.53. The molecule has 0 aliphatic carbocycles. The SMILES string of the molecule is O=C(NCC#Cc1ccc(N2CCOC2=O)cc1)C1CC(=O)N(c2ccc(F)cc2)C1. The van der Waals surface area contributed by atoms with E-state index < -0.39 is 5.92 Å². The molecule has 4 rings (SSSR count). The fraction of sp³-hybridized carbons (Fsp3) is 0.261. The Balaban J connectivity index is 1.28. The van der Waals surface area contributed by atoms with Gasteiger partial charge in [-0.15, -0.1) is 0 Å². The molecule has 0 bridgehead atoms. The van der Waals surface area contributed by atoms with Crippen LogP contribution in [0.25, 0.3) is 0 Å². The second-order valence-corrected chi connectivity index (χ2v) is 7.21. The molecule has 0 spiro atoms. The predicted octanol–water partition coefficient (Wildman–Crippen LogP) is 2.30. The van der Waals surface area contributed by atoms with Crippen LogP contribution in [-0.4, -0.2) is 44.1 Å². The number of benzene rings is 2. The highest BCUT2D eigenvalue weighted by Gasteiger charge is 2.34. The molecule has 31 heavy (non-hydrogen) atoms. The zero-order valence-corrected chi connectivity index (χ0v) is 16.6. The maximum Gasteiger partial charge on any atom is 0.414 e. The van der Waals surface area contributed by atoms with Gasteiger partial charge in [0.05, 0.1) is 19.0 Å². The van der Waals surface area contributed by atoms with Crippen molar-refractivity contribution in [3.63, 3.8) is 0 Å². The number of cyclic esters (lactones) is 1. The molecule has 2 heterocycles. The molecular weight excluding hydrogens is 401 g/mol. The van der Waals surface area contributed by atoms with Crippen LogP contribution in [0.5, 0.6) is 0 Å². The van der Waals surface area contributed by atoms with Gasteiger partial charge in [-0.2, -0.15) is 0 Å². The Morgan fingerprint density at radius 3 is 2.42 bits per heavy atom. The van der Waals surface area contributed by atoms with Gasteiger partial charge in [-0.25, -0.2) is 9.18 Å². The summed E-state index contributed by atoms with van der Waals surface area (Å²) in [6.07, 6.45) is -0.248. The van der Waals surface area contributed by atoms with Crippen LogP contribution in [0.15, 0.2) is 48.5 Å². The first-order valence-corrected chi connectivity index (χ1v) is 9.88. The number of amides is 3. The van der Waals surface area contributed by atoms with Crippen LogP contribution in [0.2, 0.25) is 0 Å². The van der Waals surface area contributed by atoms with Crippen LogP contribution in [0.3, 0.4) is 0 Å². The molecule has 1 N–H and O–H groups in total. The molecule has 2 aromatic carbocycles. The third-order valence-corrected chi connectivity index (χ3v) is 5.16. The van der Waals surface area contributed by atoms with Gasteiger partial charge in [0.25, 0.3) is 0 Å². The third kappa shape index (κ3) is 4.67. The topological polar surface area (TPSA) is 79.0 Å². The average molecular weight is 421 g/mol. The Labute approximate surface area is 178 Å². The maximum atomic E-state index is 13.1. The molecule has 2 aromatic rings. The molecule has 2 saturated heterocycles. The first-order valence-electron chi connectivity index (χ1n) is 9.88. The number of halogens is 1. The predicted molar refractivity (Wildman–Crippen MR) is 112 cm³/mol. The van der Waals surface area contributed by atoms with Gasteiger partial charge in [-0.3, -0.25) is 14.5 Å². The molecule has 7 nitrogen and oxygen atoms in total. The molecule has 1 atom stereocenters. The van der Waals surface area contributed by atoms with E-state index in [1.165, 1.54) is 29.2 Å². The Bertz CT molecular complexity index is 1060. The van der Waals surface area contributed by atoms with E-state index in [1.54, 1.807) is 29.2 Å². The van der Waals surface area contributed by atoms with Crippen LogP contribution >= 0.6 is 0 Å². The van der Waals surface area contributed by atoms with Crippen LogP contribution in [-0.2, 0) is 14.3 Å². The average Bonchev–Trinajstić information content (AvgIpc) is 3.38.